The summed E-state index contributed by atoms with van der Waals surface area (Å²) in [4.78, 5) is 11.1. The average Bonchev–Trinajstić information content (AvgIpc) is 2.38. The number of aliphatic carboxylic acids is 1. The van der Waals surface area contributed by atoms with Crippen molar-refractivity contribution in [3.05, 3.63) is 35.4 Å². The van der Waals surface area contributed by atoms with Crippen LogP contribution in [0.1, 0.15) is 50.2 Å². The van der Waals surface area contributed by atoms with Crippen LogP contribution in [0, 0.1) is 0 Å². The van der Waals surface area contributed by atoms with Gasteiger partial charge in [-0.25, -0.2) is 0 Å². The highest BCUT2D eigenvalue weighted by Gasteiger charge is 2.29. The van der Waals surface area contributed by atoms with Crippen LogP contribution in [0.5, 0.6) is 0 Å². The molecule has 2 nitrogen and oxygen atoms in total. The lowest BCUT2D eigenvalue weighted by Gasteiger charge is -2.31. The molecule has 0 amide bonds. The second kappa shape index (κ2) is 6.00. The number of carboxylic acid groups (broad SMARTS) is 1. The largest absolute Gasteiger partial charge is 0.481 e. The van der Waals surface area contributed by atoms with Gasteiger partial charge < -0.3 is 5.11 Å². The van der Waals surface area contributed by atoms with Crippen molar-refractivity contribution in [3.63, 3.8) is 0 Å². The number of thioether (sulfide) groups is 1. The molecule has 0 aliphatic carbocycles. The Morgan fingerprint density at radius 2 is 1.95 bits per heavy atom. The second-order valence-electron chi connectivity index (χ2n) is 5.93. The van der Waals surface area contributed by atoms with Gasteiger partial charge in [-0.05, 0) is 41.4 Å². The fraction of sp³-hybridized carbons (Fsp3) is 0.562. The molecule has 0 spiro atoms. The third-order valence-electron chi connectivity index (χ3n) is 3.94. The van der Waals surface area contributed by atoms with Crippen molar-refractivity contribution in [3.8, 4) is 0 Å². The lowest BCUT2D eigenvalue weighted by atomic mass is 9.75. The molecule has 1 aliphatic heterocycles. The molecule has 1 N–H and O–H groups in total. The van der Waals surface area contributed by atoms with Crippen LogP contribution < -0.4 is 0 Å². The van der Waals surface area contributed by atoms with Crippen molar-refractivity contribution in [1.29, 1.82) is 0 Å². The predicted octanol–water partition coefficient (Wildman–Crippen LogP) is 4.05. The van der Waals surface area contributed by atoms with Crippen molar-refractivity contribution in [2.75, 3.05) is 11.5 Å². The van der Waals surface area contributed by atoms with Crippen molar-refractivity contribution < 1.29 is 9.90 Å². The molecule has 2 rings (SSSR count). The first-order valence-corrected chi connectivity index (χ1v) is 8.05. The van der Waals surface area contributed by atoms with Crippen LogP contribution in [0.25, 0.3) is 0 Å². The minimum absolute atomic E-state index is 0.186. The summed E-state index contributed by atoms with van der Waals surface area (Å²) in [5, 5.41) is 9.11. The summed E-state index contributed by atoms with van der Waals surface area (Å²) in [6.45, 7) is 4.08. The van der Waals surface area contributed by atoms with E-state index >= 15 is 0 Å². The number of carbonyl (C=O) groups is 1. The molecular weight excluding hydrogens is 256 g/mol. The van der Waals surface area contributed by atoms with Crippen LogP contribution in [-0.2, 0) is 10.2 Å². The fourth-order valence-corrected chi connectivity index (χ4v) is 4.06. The monoisotopic (exact) mass is 278 g/mol. The molecular formula is C16H22O2S. The summed E-state index contributed by atoms with van der Waals surface area (Å²) >= 11 is 2.02. The van der Waals surface area contributed by atoms with Crippen LogP contribution in [0.15, 0.2) is 24.3 Å². The zero-order valence-electron chi connectivity index (χ0n) is 11.7. The Balaban J connectivity index is 2.31. The van der Waals surface area contributed by atoms with E-state index in [0.29, 0.717) is 5.92 Å². The Hall–Kier alpha value is -0.960. The molecule has 3 heteroatoms. The van der Waals surface area contributed by atoms with Crippen molar-refractivity contribution in [1.82, 2.24) is 0 Å². The maximum Gasteiger partial charge on any atom is 0.304 e. The summed E-state index contributed by atoms with van der Waals surface area (Å²) in [7, 11) is 0. The van der Waals surface area contributed by atoms with Gasteiger partial charge in [0.15, 0.2) is 0 Å². The molecule has 104 valence electrons. The Morgan fingerprint density at radius 3 is 2.58 bits per heavy atom. The van der Waals surface area contributed by atoms with Gasteiger partial charge in [0.05, 0.1) is 6.42 Å². The fourth-order valence-electron chi connectivity index (χ4n) is 2.95. The molecule has 1 heterocycles. The SMILES string of the molecule is CC(C)(CC(=O)O)c1ccccc1C1CCSCC1. The van der Waals surface area contributed by atoms with E-state index in [1.807, 2.05) is 31.7 Å². The van der Waals surface area contributed by atoms with E-state index in [0.717, 1.165) is 0 Å². The van der Waals surface area contributed by atoms with Gasteiger partial charge >= 0.3 is 5.97 Å². The van der Waals surface area contributed by atoms with Gasteiger partial charge in [0.1, 0.15) is 0 Å². The number of carboxylic acids is 1. The van der Waals surface area contributed by atoms with Gasteiger partial charge in [-0.2, -0.15) is 11.8 Å². The molecule has 0 unspecified atom stereocenters. The van der Waals surface area contributed by atoms with Crippen LogP contribution in [0.3, 0.4) is 0 Å². The lowest BCUT2D eigenvalue weighted by Crippen LogP contribution is -2.24. The molecule has 0 radical (unpaired) electrons. The van der Waals surface area contributed by atoms with Crippen molar-refractivity contribution in [2.24, 2.45) is 0 Å². The van der Waals surface area contributed by atoms with Crippen LogP contribution in [0.4, 0.5) is 0 Å². The molecule has 1 fully saturated rings. The highest BCUT2D eigenvalue weighted by Crippen LogP contribution is 2.38. The second-order valence-corrected chi connectivity index (χ2v) is 7.15. The molecule has 0 atom stereocenters. The van der Waals surface area contributed by atoms with Crippen LogP contribution in [0.2, 0.25) is 0 Å². The minimum Gasteiger partial charge on any atom is -0.481 e. The molecule has 0 bridgehead atoms. The zero-order chi connectivity index (χ0) is 13.9. The lowest BCUT2D eigenvalue weighted by molar-refractivity contribution is -0.138. The quantitative estimate of drug-likeness (QED) is 0.902. The summed E-state index contributed by atoms with van der Waals surface area (Å²) in [6.07, 6.45) is 2.61. The van der Waals surface area contributed by atoms with Crippen LogP contribution >= 0.6 is 11.8 Å². The summed E-state index contributed by atoms with van der Waals surface area (Å²) in [5.41, 5.74) is 2.29. The Morgan fingerprint density at radius 1 is 1.32 bits per heavy atom. The van der Waals surface area contributed by atoms with Crippen molar-refractivity contribution in [2.45, 2.75) is 44.4 Å². The van der Waals surface area contributed by atoms with Gasteiger partial charge in [0.2, 0.25) is 0 Å². The summed E-state index contributed by atoms with van der Waals surface area (Å²) in [5.74, 6) is 2.32. The molecule has 0 saturated carbocycles. The van der Waals surface area contributed by atoms with E-state index in [4.69, 9.17) is 5.11 Å². The third-order valence-corrected chi connectivity index (χ3v) is 4.99. The van der Waals surface area contributed by atoms with E-state index < -0.39 is 5.97 Å². The van der Waals surface area contributed by atoms with Crippen molar-refractivity contribution >= 4 is 17.7 Å². The van der Waals surface area contributed by atoms with Crippen LogP contribution in [-0.4, -0.2) is 22.6 Å². The maximum absolute atomic E-state index is 11.1. The molecule has 1 aromatic carbocycles. The molecule has 1 saturated heterocycles. The molecule has 1 aromatic rings. The average molecular weight is 278 g/mol. The van der Waals surface area contributed by atoms with E-state index in [1.165, 1.54) is 35.5 Å². The maximum atomic E-state index is 11.1. The Bertz CT molecular complexity index is 448. The van der Waals surface area contributed by atoms with Gasteiger partial charge in [-0.1, -0.05) is 38.1 Å². The zero-order valence-corrected chi connectivity index (χ0v) is 12.5. The van der Waals surface area contributed by atoms with Gasteiger partial charge in [-0.15, -0.1) is 0 Å². The Labute approximate surface area is 119 Å². The molecule has 19 heavy (non-hydrogen) atoms. The van der Waals surface area contributed by atoms with Gasteiger partial charge in [0, 0.05) is 5.41 Å². The topological polar surface area (TPSA) is 37.3 Å². The minimum atomic E-state index is -0.723. The first kappa shape index (κ1) is 14.4. The highest BCUT2D eigenvalue weighted by atomic mass is 32.2. The van der Waals surface area contributed by atoms with E-state index in [1.54, 1.807) is 0 Å². The van der Waals surface area contributed by atoms with E-state index in [9.17, 15) is 4.79 Å². The smallest absolute Gasteiger partial charge is 0.304 e. The van der Waals surface area contributed by atoms with Gasteiger partial charge in [-0.3, -0.25) is 4.79 Å². The predicted molar refractivity (Wildman–Crippen MR) is 81.0 cm³/mol. The summed E-state index contributed by atoms with van der Waals surface area (Å²) < 4.78 is 0. The highest BCUT2D eigenvalue weighted by molar-refractivity contribution is 7.99. The molecule has 1 aliphatic rings. The number of hydrogen-bond donors (Lipinski definition) is 1. The Kier molecular flexibility index (Phi) is 4.56. The first-order valence-electron chi connectivity index (χ1n) is 6.89. The third kappa shape index (κ3) is 3.53. The summed E-state index contributed by atoms with van der Waals surface area (Å²) in [6, 6.07) is 8.41. The number of benzene rings is 1. The van der Waals surface area contributed by atoms with E-state index in [-0.39, 0.29) is 11.8 Å². The standard InChI is InChI=1S/C16H22O2S/c1-16(2,11-15(17)18)14-6-4-3-5-13(14)12-7-9-19-10-8-12/h3-6,12H,7-11H2,1-2H3,(H,17,18). The first-order chi connectivity index (χ1) is 9.00. The number of hydrogen-bond acceptors (Lipinski definition) is 2. The van der Waals surface area contributed by atoms with Gasteiger partial charge in [0.25, 0.3) is 0 Å². The van der Waals surface area contributed by atoms with E-state index in [2.05, 4.69) is 18.2 Å². The normalized spacial score (nSPS) is 17.4. The number of rotatable bonds is 4. The molecule has 0 aromatic heterocycles.